The van der Waals surface area contributed by atoms with Gasteiger partial charge in [-0.15, -0.1) is 0 Å². The Hall–Kier alpha value is -1.12. The van der Waals surface area contributed by atoms with Gasteiger partial charge in [0.25, 0.3) is 0 Å². The summed E-state index contributed by atoms with van der Waals surface area (Å²) in [4.78, 5) is 13.7. The van der Waals surface area contributed by atoms with E-state index in [4.69, 9.17) is 10.00 Å². The van der Waals surface area contributed by atoms with E-state index in [-0.39, 0.29) is 11.9 Å². The lowest BCUT2D eigenvalue weighted by Crippen LogP contribution is -2.49. The summed E-state index contributed by atoms with van der Waals surface area (Å²) < 4.78 is 5.01. The molecule has 1 aliphatic rings. The van der Waals surface area contributed by atoms with Crippen LogP contribution in [0.15, 0.2) is 0 Å². The van der Waals surface area contributed by atoms with Gasteiger partial charge in [0.15, 0.2) is 0 Å². The van der Waals surface area contributed by atoms with Crippen LogP contribution in [-0.4, -0.2) is 49.7 Å². The van der Waals surface area contributed by atoms with Gasteiger partial charge in [0.05, 0.1) is 19.2 Å². The molecule has 0 radical (unpaired) electrons. The minimum atomic E-state index is -0.124. The normalized spacial score (nSPS) is 23.8. The predicted molar refractivity (Wildman–Crippen MR) is 73.5 cm³/mol. The number of likely N-dealkylation sites (tertiary alicyclic amines) is 1. The standard InChI is InChI=1S/C14H25N3O2/c1-3-6-16-13-8-12(9-14(18)19-4-2)10-17(11-13)7-5-15/h12-13,16H,3-4,6-11H2,1-2H3. The van der Waals surface area contributed by atoms with Crippen molar-refractivity contribution >= 4 is 5.97 Å². The Morgan fingerprint density at radius 3 is 2.89 bits per heavy atom. The van der Waals surface area contributed by atoms with Crippen molar-refractivity contribution in [3.05, 3.63) is 0 Å². The van der Waals surface area contributed by atoms with Crippen LogP contribution in [0.25, 0.3) is 0 Å². The summed E-state index contributed by atoms with van der Waals surface area (Å²) in [6.45, 7) is 7.53. The number of rotatable bonds is 7. The summed E-state index contributed by atoms with van der Waals surface area (Å²) >= 11 is 0. The van der Waals surface area contributed by atoms with E-state index in [1.807, 2.05) is 6.92 Å². The zero-order valence-corrected chi connectivity index (χ0v) is 12.0. The van der Waals surface area contributed by atoms with Gasteiger partial charge in [0, 0.05) is 25.6 Å². The number of hydrogen-bond donors (Lipinski definition) is 1. The van der Waals surface area contributed by atoms with Crippen molar-refractivity contribution in [2.45, 2.75) is 39.2 Å². The monoisotopic (exact) mass is 267 g/mol. The molecular weight excluding hydrogens is 242 g/mol. The molecule has 1 heterocycles. The highest BCUT2D eigenvalue weighted by Crippen LogP contribution is 2.20. The van der Waals surface area contributed by atoms with Crippen molar-refractivity contribution in [2.24, 2.45) is 5.92 Å². The Kier molecular flexibility index (Phi) is 7.46. The summed E-state index contributed by atoms with van der Waals surface area (Å²) in [5.41, 5.74) is 0. The molecule has 5 heteroatoms. The molecule has 0 aromatic carbocycles. The molecule has 0 saturated carbocycles. The van der Waals surface area contributed by atoms with E-state index in [9.17, 15) is 4.79 Å². The minimum absolute atomic E-state index is 0.124. The van der Waals surface area contributed by atoms with Gasteiger partial charge in [-0.2, -0.15) is 5.26 Å². The van der Waals surface area contributed by atoms with E-state index < -0.39 is 0 Å². The Bertz CT molecular complexity index is 314. The average molecular weight is 267 g/mol. The van der Waals surface area contributed by atoms with Crippen LogP contribution in [0.5, 0.6) is 0 Å². The fourth-order valence-electron chi connectivity index (χ4n) is 2.63. The third-order valence-corrected chi connectivity index (χ3v) is 3.35. The van der Waals surface area contributed by atoms with Crippen LogP contribution < -0.4 is 5.32 Å². The molecule has 1 N–H and O–H groups in total. The van der Waals surface area contributed by atoms with Gasteiger partial charge in [0.2, 0.25) is 0 Å². The van der Waals surface area contributed by atoms with Crippen molar-refractivity contribution in [3.63, 3.8) is 0 Å². The molecule has 5 nitrogen and oxygen atoms in total. The molecular formula is C14H25N3O2. The molecule has 1 aliphatic heterocycles. The van der Waals surface area contributed by atoms with Crippen molar-refractivity contribution in [3.8, 4) is 6.07 Å². The van der Waals surface area contributed by atoms with Gasteiger partial charge in [-0.3, -0.25) is 9.69 Å². The van der Waals surface area contributed by atoms with E-state index >= 15 is 0 Å². The van der Waals surface area contributed by atoms with Crippen LogP contribution in [0.1, 0.15) is 33.1 Å². The van der Waals surface area contributed by atoms with Gasteiger partial charge in [-0.25, -0.2) is 0 Å². The number of nitrogens with zero attached hydrogens (tertiary/aromatic N) is 2. The Morgan fingerprint density at radius 1 is 1.47 bits per heavy atom. The van der Waals surface area contributed by atoms with Crippen LogP contribution in [0.4, 0.5) is 0 Å². The van der Waals surface area contributed by atoms with E-state index in [0.717, 1.165) is 32.5 Å². The lowest BCUT2D eigenvalue weighted by molar-refractivity contribution is -0.144. The van der Waals surface area contributed by atoms with E-state index in [1.54, 1.807) is 0 Å². The number of piperidine rings is 1. The molecule has 1 fully saturated rings. The molecule has 0 amide bonds. The summed E-state index contributed by atoms with van der Waals surface area (Å²) in [6.07, 6.45) is 2.54. The Morgan fingerprint density at radius 2 is 2.26 bits per heavy atom. The third-order valence-electron chi connectivity index (χ3n) is 3.35. The topological polar surface area (TPSA) is 65.4 Å². The second kappa shape index (κ2) is 8.89. The van der Waals surface area contributed by atoms with Crippen molar-refractivity contribution in [2.75, 3.05) is 32.8 Å². The van der Waals surface area contributed by atoms with E-state index in [2.05, 4.69) is 23.2 Å². The number of ether oxygens (including phenoxy) is 1. The van der Waals surface area contributed by atoms with Gasteiger partial charge in [-0.1, -0.05) is 6.92 Å². The molecule has 0 spiro atoms. The fraction of sp³-hybridized carbons (Fsp3) is 0.857. The first-order valence-electron chi connectivity index (χ1n) is 7.17. The molecule has 2 atom stereocenters. The van der Waals surface area contributed by atoms with Crippen molar-refractivity contribution in [1.82, 2.24) is 10.2 Å². The summed E-state index contributed by atoms with van der Waals surface area (Å²) in [5, 5.41) is 12.3. The summed E-state index contributed by atoms with van der Waals surface area (Å²) in [7, 11) is 0. The summed E-state index contributed by atoms with van der Waals surface area (Å²) in [6, 6.07) is 2.57. The van der Waals surface area contributed by atoms with Crippen LogP contribution in [0.3, 0.4) is 0 Å². The molecule has 1 rings (SSSR count). The van der Waals surface area contributed by atoms with Gasteiger partial charge in [-0.05, 0) is 32.2 Å². The first-order chi connectivity index (χ1) is 9.19. The third kappa shape index (κ3) is 6.04. The molecule has 2 unspecified atom stereocenters. The highest BCUT2D eigenvalue weighted by atomic mass is 16.5. The number of carbonyl (C=O) groups is 1. The van der Waals surface area contributed by atoms with E-state index in [1.165, 1.54) is 0 Å². The molecule has 0 aromatic heterocycles. The van der Waals surface area contributed by atoms with Gasteiger partial charge in [0.1, 0.15) is 0 Å². The minimum Gasteiger partial charge on any atom is -0.466 e. The molecule has 1 saturated heterocycles. The highest BCUT2D eigenvalue weighted by molar-refractivity contribution is 5.69. The molecule has 19 heavy (non-hydrogen) atoms. The highest BCUT2D eigenvalue weighted by Gasteiger charge is 2.28. The SMILES string of the molecule is CCCNC1CC(CC(=O)OCC)CN(CC#N)C1. The fourth-order valence-corrected chi connectivity index (χ4v) is 2.63. The Labute approximate surface area is 115 Å². The lowest BCUT2D eigenvalue weighted by Gasteiger charge is -2.36. The lowest BCUT2D eigenvalue weighted by atomic mass is 9.91. The van der Waals surface area contributed by atoms with Crippen LogP contribution in [0, 0.1) is 17.2 Å². The predicted octanol–water partition coefficient (Wildman–Crippen LogP) is 1.15. The van der Waals surface area contributed by atoms with Gasteiger partial charge < -0.3 is 10.1 Å². The maximum absolute atomic E-state index is 11.6. The number of nitriles is 1. The summed E-state index contributed by atoms with van der Waals surface area (Å²) in [5.74, 6) is 0.163. The van der Waals surface area contributed by atoms with Crippen molar-refractivity contribution < 1.29 is 9.53 Å². The smallest absolute Gasteiger partial charge is 0.306 e. The second-order valence-corrected chi connectivity index (χ2v) is 5.11. The molecule has 108 valence electrons. The van der Waals surface area contributed by atoms with Crippen LogP contribution in [0.2, 0.25) is 0 Å². The number of hydrogen-bond acceptors (Lipinski definition) is 5. The Balaban J connectivity index is 2.49. The first-order valence-corrected chi connectivity index (χ1v) is 7.17. The quantitative estimate of drug-likeness (QED) is 0.554. The van der Waals surface area contributed by atoms with Crippen LogP contribution in [-0.2, 0) is 9.53 Å². The zero-order valence-electron chi connectivity index (χ0n) is 12.0. The molecule has 0 aliphatic carbocycles. The zero-order chi connectivity index (χ0) is 14.1. The maximum Gasteiger partial charge on any atom is 0.306 e. The largest absolute Gasteiger partial charge is 0.466 e. The number of esters is 1. The average Bonchev–Trinajstić information content (AvgIpc) is 2.36. The van der Waals surface area contributed by atoms with E-state index in [0.29, 0.717) is 25.6 Å². The second-order valence-electron chi connectivity index (χ2n) is 5.11. The first kappa shape index (κ1) is 15.9. The number of nitrogens with one attached hydrogen (secondary N) is 1. The maximum atomic E-state index is 11.6. The van der Waals surface area contributed by atoms with Crippen molar-refractivity contribution in [1.29, 1.82) is 5.26 Å². The molecule has 0 aromatic rings. The van der Waals surface area contributed by atoms with Crippen LogP contribution >= 0.6 is 0 Å². The van der Waals surface area contributed by atoms with Gasteiger partial charge >= 0.3 is 5.97 Å². The molecule has 0 bridgehead atoms. The number of carbonyl (C=O) groups excluding carboxylic acids is 1.